The van der Waals surface area contributed by atoms with Crippen LogP contribution in [-0.4, -0.2) is 54.8 Å². The monoisotopic (exact) mass is 463 g/mol. The van der Waals surface area contributed by atoms with E-state index in [-0.39, 0.29) is 24.3 Å². The Morgan fingerprint density at radius 2 is 1.97 bits per heavy atom. The van der Waals surface area contributed by atoms with Crippen molar-refractivity contribution in [3.8, 4) is 0 Å². The zero-order chi connectivity index (χ0) is 24.3. The molecular formula is C22H33N5O6. The van der Waals surface area contributed by atoms with Gasteiger partial charge >= 0.3 is 17.8 Å². The van der Waals surface area contributed by atoms with Crippen LogP contribution in [0.3, 0.4) is 0 Å². The third kappa shape index (κ3) is 5.63. The van der Waals surface area contributed by atoms with Gasteiger partial charge in [-0.05, 0) is 40.0 Å². The molecule has 0 spiro atoms. The molecule has 1 atom stereocenters. The molecule has 1 aliphatic heterocycles. The number of piperidine rings is 1. The van der Waals surface area contributed by atoms with Gasteiger partial charge in [0.2, 0.25) is 0 Å². The van der Waals surface area contributed by atoms with Crippen LogP contribution in [-0.2, 0) is 34.5 Å². The first kappa shape index (κ1) is 24.5. The number of amides is 1. The Kier molecular flexibility index (Phi) is 7.28. The lowest BCUT2D eigenvalue weighted by Crippen LogP contribution is -2.45. The summed E-state index contributed by atoms with van der Waals surface area (Å²) in [5.74, 6) is -0.542. The highest BCUT2D eigenvalue weighted by atomic mass is 16.6. The predicted octanol–water partition coefficient (Wildman–Crippen LogP) is 1.91. The summed E-state index contributed by atoms with van der Waals surface area (Å²) >= 11 is 0. The average Bonchev–Trinajstić information content (AvgIpc) is 3.07. The minimum Gasteiger partial charge on any atom is -0.457 e. The number of nitrogens with zero attached hydrogens (tertiary/aromatic N) is 4. The Hall–Kier alpha value is -3.11. The van der Waals surface area contributed by atoms with Crippen molar-refractivity contribution in [1.29, 1.82) is 0 Å². The van der Waals surface area contributed by atoms with Gasteiger partial charge in [-0.3, -0.25) is 19.1 Å². The summed E-state index contributed by atoms with van der Waals surface area (Å²) in [6.45, 7) is 8.44. The number of hydrogen-bond donors (Lipinski definition) is 1. The van der Waals surface area contributed by atoms with Gasteiger partial charge in [-0.15, -0.1) is 0 Å². The van der Waals surface area contributed by atoms with Gasteiger partial charge in [-0.1, -0.05) is 13.3 Å². The van der Waals surface area contributed by atoms with Crippen LogP contribution in [0.15, 0.2) is 9.59 Å². The Morgan fingerprint density at radius 1 is 1.24 bits per heavy atom. The van der Waals surface area contributed by atoms with Crippen molar-refractivity contribution >= 4 is 23.2 Å². The highest BCUT2D eigenvalue weighted by Gasteiger charge is 2.32. The molecule has 1 saturated heterocycles. The molecule has 0 bridgehead atoms. The Bertz CT molecular complexity index is 1140. The van der Waals surface area contributed by atoms with Crippen LogP contribution < -0.4 is 11.2 Å². The summed E-state index contributed by atoms with van der Waals surface area (Å²) in [6, 6.07) is 0. The van der Waals surface area contributed by atoms with E-state index in [1.165, 1.54) is 14.0 Å². The van der Waals surface area contributed by atoms with Crippen LogP contribution in [0.2, 0.25) is 0 Å². The lowest BCUT2D eigenvalue weighted by molar-refractivity contribution is -0.151. The number of unbranched alkanes of at least 4 members (excludes halogenated alkanes) is 1. The van der Waals surface area contributed by atoms with E-state index < -0.39 is 34.8 Å². The van der Waals surface area contributed by atoms with E-state index in [0.717, 1.165) is 12.8 Å². The minimum absolute atomic E-state index is 0.144. The van der Waals surface area contributed by atoms with Crippen molar-refractivity contribution in [1.82, 2.24) is 24.0 Å². The first-order valence-electron chi connectivity index (χ1n) is 11.3. The second-order valence-electron chi connectivity index (χ2n) is 9.40. The highest BCUT2D eigenvalue weighted by molar-refractivity contribution is 5.75. The first-order valence-corrected chi connectivity index (χ1v) is 11.3. The molecule has 0 aromatic carbocycles. The fourth-order valence-corrected chi connectivity index (χ4v) is 3.86. The molecule has 1 amide bonds. The highest BCUT2D eigenvalue weighted by Crippen LogP contribution is 2.21. The number of nitrogens with one attached hydrogen (secondary N) is 1. The first-order chi connectivity index (χ1) is 15.5. The number of aromatic amines is 1. The average molecular weight is 464 g/mol. The molecule has 11 nitrogen and oxygen atoms in total. The summed E-state index contributed by atoms with van der Waals surface area (Å²) in [6.07, 6.45) is 2.48. The Labute approximate surface area is 191 Å². The predicted molar refractivity (Wildman–Crippen MR) is 121 cm³/mol. The topological polar surface area (TPSA) is 129 Å². The molecule has 11 heteroatoms. The number of esters is 1. The standard InChI is InChI=1S/C22H33N5O6/c1-6-7-11-27-17-16(18(28)24-20(27)30)25(5)15(23-17)13-32-19(29)14-9-8-10-26(12-14)21(31)33-22(2,3)4/h14H,6-13H2,1-5H3,(H,24,28,30). The number of H-pyrrole nitrogens is 1. The lowest BCUT2D eigenvalue weighted by Gasteiger charge is -2.33. The third-order valence-corrected chi connectivity index (χ3v) is 5.59. The molecule has 3 heterocycles. The summed E-state index contributed by atoms with van der Waals surface area (Å²) in [5.41, 5.74) is -1.12. The minimum atomic E-state index is -0.611. The summed E-state index contributed by atoms with van der Waals surface area (Å²) in [4.78, 5) is 58.0. The molecule has 2 aromatic heterocycles. The van der Waals surface area contributed by atoms with Gasteiger partial charge in [0.15, 0.2) is 11.2 Å². The molecule has 1 fully saturated rings. The summed E-state index contributed by atoms with van der Waals surface area (Å²) in [5, 5.41) is 0. The number of fused-ring (bicyclic) bond motifs is 1. The molecule has 1 aliphatic rings. The molecular weight excluding hydrogens is 430 g/mol. The largest absolute Gasteiger partial charge is 0.457 e. The van der Waals surface area contributed by atoms with Crippen molar-refractivity contribution in [2.75, 3.05) is 13.1 Å². The van der Waals surface area contributed by atoms with Gasteiger partial charge in [-0.25, -0.2) is 14.6 Å². The fourth-order valence-electron chi connectivity index (χ4n) is 3.86. The van der Waals surface area contributed by atoms with E-state index in [0.29, 0.717) is 31.8 Å². The number of likely N-dealkylation sites (tertiary alicyclic amines) is 1. The van der Waals surface area contributed by atoms with Gasteiger partial charge in [0, 0.05) is 26.7 Å². The number of hydrogen-bond acceptors (Lipinski definition) is 7. The SMILES string of the molecule is CCCCn1c(=O)[nH]c(=O)c2c1nc(COC(=O)C1CCCN(C(=O)OC(C)(C)C)C1)n2C. The maximum atomic E-state index is 12.7. The molecule has 0 radical (unpaired) electrons. The van der Waals surface area contributed by atoms with Crippen molar-refractivity contribution in [3.63, 3.8) is 0 Å². The van der Waals surface area contributed by atoms with Crippen molar-refractivity contribution in [3.05, 3.63) is 26.7 Å². The van der Waals surface area contributed by atoms with Crippen LogP contribution in [0, 0.1) is 5.92 Å². The van der Waals surface area contributed by atoms with E-state index in [1.807, 2.05) is 6.92 Å². The molecule has 1 N–H and O–H groups in total. The molecule has 0 aliphatic carbocycles. The zero-order valence-electron chi connectivity index (χ0n) is 20.0. The van der Waals surface area contributed by atoms with Gasteiger partial charge in [0.05, 0.1) is 5.92 Å². The van der Waals surface area contributed by atoms with Gasteiger partial charge < -0.3 is 18.9 Å². The van der Waals surface area contributed by atoms with Crippen LogP contribution >= 0.6 is 0 Å². The molecule has 1 unspecified atom stereocenters. The van der Waals surface area contributed by atoms with Crippen molar-refractivity contribution < 1.29 is 19.1 Å². The summed E-state index contributed by atoms with van der Waals surface area (Å²) in [7, 11) is 1.65. The molecule has 0 saturated carbocycles. The smallest absolute Gasteiger partial charge is 0.410 e. The van der Waals surface area contributed by atoms with E-state index >= 15 is 0 Å². The maximum absolute atomic E-state index is 12.7. The summed E-state index contributed by atoms with van der Waals surface area (Å²) < 4.78 is 13.9. The van der Waals surface area contributed by atoms with Gasteiger partial charge in [0.1, 0.15) is 18.0 Å². The third-order valence-electron chi connectivity index (χ3n) is 5.59. The number of carbonyl (C=O) groups is 2. The van der Waals surface area contributed by atoms with Crippen LogP contribution in [0.25, 0.3) is 11.2 Å². The van der Waals surface area contributed by atoms with Gasteiger partial charge in [0.25, 0.3) is 5.56 Å². The second-order valence-corrected chi connectivity index (χ2v) is 9.40. The van der Waals surface area contributed by atoms with Crippen LogP contribution in [0.4, 0.5) is 4.79 Å². The lowest BCUT2D eigenvalue weighted by atomic mass is 9.98. The number of rotatable bonds is 6. The zero-order valence-corrected chi connectivity index (χ0v) is 20.0. The van der Waals surface area contributed by atoms with E-state index in [2.05, 4.69) is 9.97 Å². The van der Waals surface area contributed by atoms with Crippen LogP contribution in [0.5, 0.6) is 0 Å². The number of ether oxygens (including phenoxy) is 2. The van der Waals surface area contributed by atoms with E-state index in [4.69, 9.17) is 9.47 Å². The number of carbonyl (C=O) groups excluding carboxylic acids is 2. The molecule has 2 aromatic rings. The van der Waals surface area contributed by atoms with Crippen molar-refractivity contribution in [2.45, 2.75) is 72.1 Å². The number of imidazole rings is 1. The van der Waals surface area contributed by atoms with E-state index in [1.54, 1.807) is 27.8 Å². The van der Waals surface area contributed by atoms with Gasteiger partial charge in [-0.2, -0.15) is 0 Å². The quantitative estimate of drug-likeness (QED) is 0.648. The Balaban J connectivity index is 1.72. The fraction of sp³-hybridized carbons (Fsp3) is 0.682. The normalized spacial score (nSPS) is 16.8. The molecule has 182 valence electrons. The second kappa shape index (κ2) is 9.80. The molecule has 33 heavy (non-hydrogen) atoms. The van der Waals surface area contributed by atoms with E-state index in [9.17, 15) is 19.2 Å². The van der Waals surface area contributed by atoms with Crippen LogP contribution in [0.1, 0.15) is 59.2 Å². The number of aromatic nitrogens is 4. The number of aryl methyl sites for hydroxylation is 2. The maximum Gasteiger partial charge on any atom is 0.410 e. The Morgan fingerprint density at radius 3 is 2.64 bits per heavy atom. The molecule has 3 rings (SSSR count). The van der Waals surface area contributed by atoms with Crippen molar-refractivity contribution in [2.24, 2.45) is 13.0 Å².